The molecule has 5 heteroatoms. The Labute approximate surface area is 133 Å². The molecule has 0 saturated carbocycles. The summed E-state index contributed by atoms with van der Waals surface area (Å²) < 4.78 is 5.46. The Balaban J connectivity index is 0.00000400. The Morgan fingerprint density at radius 1 is 1.29 bits per heavy atom. The summed E-state index contributed by atoms with van der Waals surface area (Å²) in [5, 5.41) is 2.90. The van der Waals surface area contributed by atoms with E-state index in [1.807, 2.05) is 24.3 Å². The molecule has 1 unspecified atom stereocenters. The average molecular weight is 315 g/mol. The maximum absolute atomic E-state index is 11.8. The van der Waals surface area contributed by atoms with Gasteiger partial charge in [-0.05, 0) is 36.5 Å². The fourth-order valence-corrected chi connectivity index (χ4v) is 2.02. The van der Waals surface area contributed by atoms with Crippen LogP contribution in [-0.4, -0.2) is 25.1 Å². The van der Waals surface area contributed by atoms with Gasteiger partial charge in [-0.3, -0.25) is 4.79 Å². The van der Waals surface area contributed by atoms with Crippen LogP contribution in [0, 0.1) is 5.92 Å². The van der Waals surface area contributed by atoms with Gasteiger partial charge in [0.1, 0.15) is 5.75 Å². The van der Waals surface area contributed by atoms with Crippen molar-refractivity contribution in [3.63, 3.8) is 0 Å². The Hall–Kier alpha value is -1.26. The number of carbonyl (C=O) groups excluding carboxylic acids is 1. The molecule has 0 bridgehead atoms. The molecule has 0 heterocycles. The van der Waals surface area contributed by atoms with Crippen LogP contribution in [0.15, 0.2) is 24.3 Å². The van der Waals surface area contributed by atoms with Gasteiger partial charge in [-0.25, -0.2) is 0 Å². The summed E-state index contributed by atoms with van der Waals surface area (Å²) in [7, 11) is 0. The van der Waals surface area contributed by atoms with Crippen LogP contribution in [0.4, 0.5) is 0 Å². The molecule has 0 aliphatic carbocycles. The standard InChI is InChI=1S/C16H26N2O2.ClH/c1-4-13-5-7-15(8-6-13)20-11-16(19)18-14(10-17)9-12(2)3;/h5-8,12,14H,4,9-11,17H2,1-3H3,(H,18,19);1H. The van der Waals surface area contributed by atoms with Crippen LogP contribution in [0.3, 0.4) is 0 Å². The average Bonchev–Trinajstić information content (AvgIpc) is 2.44. The lowest BCUT2D eigenvalue weighted by atomic mass is 10.0. The molecule has 0 aromatic heterocycles. The molecule has 1 aromatic rings. The smallest absolute Gasteiger partial charge is 0.258 e. The highest BCUT2D eigenvalue weighted by molar-refractivity contribution is 5.85. The van der Waals surface area contributed by atoms with Crippen LogP contribution >= 0.6 is 12.4 Å². The number of hydrogen-bond donors (Lipinski definition) is 2. The number of aryl methyl sites for hydroxylation is 1. The summed E-state index contributed by atoms with van der Waals surface area (Å²) in [5.41, 5.74) is 6.90. The van der Waals surface area contributed by atoms with Gasteiger partial charge in [0, 0.05) is 12.6 Å². The number of benzene rings is 1. The number of amides is 1. The van der Waals surface area contributed by atoms with E-state index in [-0.39, 0.29) is 31.0 Å². The lowest BCUT2D eigenvalue weighted by Crippen LogP contribution is -2.43. The first-order valence-corrected chi connectivity index (χ1v) is 7.26. The Morgan fingerprint density at radius 3 is 2.38 bits per heavy atom. The van der Waals surface area contributed by atoms with Crippen LogP contribution in [-0.2, 0) is 11.2 Å². The molecule has 1 amide bonds. The van der Waals surface area contributed by atoms with Crippen molar-refractivity contribution in [1.29, 1.82) is 0 Å². The lowest BCUT2D eigenvalue weighted by Gasteiger charge is -2.18. The molecule has 0 radical (unpaired) electrons. The first kappa shape index (κ1) is 19.7. The van der Waals surface area contributed by atoms with Gasteiger partial charge in [0.05, 0.1) is 0 Å². The van der Waals surface area contributed by atoms with Crippen molar-refractivity contribution in [2.24, 2.45) is 11.7 Å². The van der Waals surface area contributed by atoms with Gasteiger partial charge in [0.15, 0.2) is 6.61 Å². The number of nitrogens with two attached hydrogens (primary N) is 1. The predicted molar refractivity (Wildman–Crippen MR) is 89.0 cm³/mol. The second kappa shape index (κ2) is 10.5. The lowest BCUT2D eigenvalue weighted by molar-refractivity contribution is -0.123. The number of ether oxygens (including phenoxy) is 1. The summed E-state index contributed by atoms with van der Waals surface area (Å²) in [5.74, 6) is 1.09. The summed E-state index contributed by atoms with van der Waals surface area (Å²) in [6, 6.07) is 7.82. The molecule has 21 heavy (non-hydrogen) atoms. The van der Waals surface area contributed by atoms with E-state index < -0.39 is 0 Å². The molecule has 0 spiro atoms. The normalized spacial score (nSPS) is 11.7. The van der Waals surface area contributed by atoms with E-state index in [9.17, 15) is 4.79 Å². The third kappa shape index (κ3) is 7.93. The minimum atomic E-state index is -0.124. The third-order valence-corrected chi connectivity index (χ3v) is 3.11. The van der Waals surface area contributed by atoms with Crippen LogP contribution in [0.25, 0.3) is 0 Å². The highest BCUT2D eigenvalue weighted by atomic mass is 35.5. The van der Waals surface area contributed by atoms with E-state index in [0.717, 1.165) is 12.8 Å². The molecule has 120 valence electrons. The molecule has 0 fully saturated rings. The molecule has 3 N–H and O–H groups in total. The first-order chi connectivity index (χ1) is 9.55. The van der Waals surface area contributed by atoms with E-state index in [4.69, 9.17) is 10.5 Å². The summed E-state index contributed by atoms with van der Waals surface area (Å²) in [6.45, 7) is 6.81. The van der Waals surface area contributed by atoms with E-state index in [1.54, 1.807) is 0 Å². The first-order valence-electron chi connectivity index (χ1n) is 7.26. The molecule has 1 atom stereocenters. The second-order valence-electron chi connectivity index (χ2n) is 5.42. The van der Waals surface area contributed by atoms with Crippen molar-refractivity contribution < 1.29 is 9.53 Å². The number of rotatable bonds is 8. The minimum Gasteiger partial charge on any atom is -0.484 e. The summed E-state index contributed by atoms with van der Waals surface area (Å²) >= 11 is 0. The van der Waals surface area contributed by atoms with Gasteiger partial charge in [-0.15, -0.1) is 12.4 Å². The topological polar surface area (TPSA) is 64.3 Å². The minimum absolute atomic E-state index is 0. The van der Waals surface area contributed by atoms with Crippen molar-refractivity contribution in [2.75, 3.05) is 13.2 Å². The highest BCUT2D eigenvalue weighted by Crippen LogP contribution is 2.12. The monoisotopic (exact) mass is 314 g/mol. The number of nitrogens with one attached hydrogen (secondary N) is 1. The molecule has 1 aromatic carbocycles. The van der Waals surface area contributed by atoms with Gasteiger partial charge in [0.2, 0.25) is 0 Å². The second-order valence-corrected chi connectivity index (χ2v) is 5.42. The van der Waals surface area contributed by atoms with Gasteiger partial charge in [0.25, 0.3) is 5.91 Å². The summed E-state index contributed by atoms with van der Waals surface area (Å²) in [6.07, 6.45) is 1.88. The van der Waals surface area contributed by atoms with Crippen LogP contribution in [0.1, 0.15) is 32.8 Å². The molecule has 0 aliphatic rings. The maximum Gasteiger partial charge on any atom is 0.258 e. The Morgan fingerprint density at radius 2 is 1.90 bits per heavy atom. The van der Waals surface area contributed by atoms with Crippen LogP contribution < -0.4 is 15.8 Å². The van der Waals surface area contributed by atoms with Gasteiger partial charge in [-0.1, -0.05) is 32.9 Å². The quantitative estimate of drug-likeness (QED) is 0.775. The Bertz CT molecular complexity index is 407. The molecule has 4 nitrogen and oxygen atoms in total. The maximum atomic E-state index is 11.8. The Kier molecular flexibility index (Phi) is 9.84. The van der Waals surface area contributed by atoms with E-state index in [2.05, 4.69) is 26.1 Å². The zero-order valence-electron chi connectivity index (χ0n) is 13.1. The van der Waals surface area contributed by atoms with Crippen LogP contribution in [0.2, 0.25) is 0 Å². The number of hydrogen-bond acceptors (Lipinski definition) is 3. The largest absolute Gasteiger partial charge is 0.484 e. The van der Waals surface area contributed by atoms with Crippen molar-refractivity contribution >= 4 is 18.3 Å². The van der Waals surface area contributed by atoms with Crippen molar-refractivity contribution in [2.45, 2.75) is 39.7 Å². The molecular weight excluding hydrogens is 288 g/mol. The van der Waals surface area contributed by atoms with E-state index in [1.165, 1.54) is 5.56 Å². The third-order valence-electron chi connectivity index (χ3n) is 3.11. The fourth-order valence-electron chi connectivity index (χ4n) is 2.02. The molecular formula is C16H27ClN2O2. The van der Waals surface area contributed by atoms with E-state index in [0.29, 0.717) is 18.2 Å². The van der Waals surface area contributed by atoms with Crippen LogP contribution in [0.5, 0.6) is 5.75 Å². The number of carbonyl (C=O) groups is 1. The van der Waals surface area contributed by atoms with E-state index >= 15 is 0 Å². The van der Waals surface area contributed by atoms with Crippen molar-refractivity contribution in [3.8, 4) is 5.75 Å². The fraction of sp³-hybridized carbons (Fsp3) is 0.562. The molecule has 0 aliphatic heterocycles. The van der Waals surface area contributed by atoms with Crippen molar-refractivity contribution in [1.82, 2.24) is 5.32 Å². The molecule has 0 saturated heterocycles. The van der Waals surface area contributed by atoms with Gasteiger partial charge in [-0.2, -0.15) is 0 Å². The van der Waals surface area contributed by atoms with Crippen molar-refractivity contribution in [3.05, 3.63) is 29.8 Å². The summed E-state index contributed by atoms with van der Waals surface area (Å²) in [4.78, 5) is 11.8. The van der Waals surface area contributed by atoms with Gasteiger partial charge >= 0.3 is 0 Å². The zero-order valence-corrected chi connectivity index (χ0v) is 13.9. The zero-order chi connectivity index (χ0) is 15.0. The highest BCUT2D eigenvalue weighted by Gasteiger charge is 2.12. The predicted octanol–water partition coefficient (Wildman–Crippen LogP) is 2.54. The van der Waals surface area contributed by atoms with Gasteiger partial charge < -0.3 is 15.8 Å². The molecule has 1 rings (SSSR count). The number of halogens is 1. The SMILES string of the molecule is CCc1ccc(OCC(=O)NC(CN)CC(C)C)cc1.Cl.